The molecule has 214 valence electrons. The molecule has 0 amide bonds. The molecule has 3 aromatic carbocycles. The topological polar surface area (TPSA) is 78.3 Å². The summed E-state index contributed by atoms with van der Waals surface area (Å²) < 4.78 is 14.4. The van der Waals surface area contributed by atoms with E-state index in [0.717, 1.165) is 38.8 Å². The lowest BCUT2D eigenvalue weighted by atomic mass is 9.77. The van der Waals surface area contributed by atoms with Crippen molar-refractivity contribution in [2.45, 2.75) is 37.0 Å². The predicted molar refractivity (Wildman–Crippen MR) is 169 cm³/mol. The second-order valence-corrected chi connectivity index (χ2v) is 13.1. The minimum atomic E-state index is -0.825. The van der Waals surface area contributed by atoms with Crippen molar-refractivity contribution in [1.82, 2.24) is 14.5 Å². The molecule has 1 saturated carbocycles. The maximum atomic E-state index is 13.3. The number of hydrogen-bond acceptors (Lipinski definition) is 8. The van der Waals surface area contributed by atoms with E-state index in [-0.39, 0.29) is 16.5 Å². The summed E-state index contributed by atoms with van der Waals surface area (Å²) in [6, 6.07) is 28.6. The molecule has 1 aliphatic carbocycles. The van der Waals surface area contributed by atoms with Gasteiger partial charge in [0.2, 0.25) is 5.95 Å². The molecule has 9 heteroatoms. The van der Waals surface area contributed by atoms with Gasteiger partial charge in [0.25, 0.3) is 0 Å². The first-order valence-electron chi connectivity index (χ1n) is 14.3. The Kier molecular flexibility index (Phi) is 7.25. The Hall–Kier alpha value is -3.66. The molecule has 1 N–H and O–H groups in total. The van der Waals surface area contributed by atoms with Crippen molar-refractivity contribution in [3.8, 4) is 5.75 Å². The second kappa shape index (κ2) is 11.2. The molecule has 0 bridgehead atoms. The Balaban J connectivity index is 1.33. The van der Waals surface area contributed by atoms with Crippen molar-refractivity contribution >= 4 is 39.4 Å². The van der Waals surface area contributed by atoms with Crippen molar-refractivity contribution in [1.29, 1.82) is 0 Å². The molecule has 3 atom stereocenters. The molecule has 0 spiro atoms. The summed E-state index contributed by atoms with van der Waals surface area (Å²) in [6.07, 6.45) is 3.94. The standard InChI is InChI=1S/C33H32N4O3S2/c1-21(22-13-14-22)30-40-28(20-41-30)37-29-27(42-32(37)38)19-34-31(35-29)36-33(23-9-5-3-6-10-23,24-11-7-4-8-12-24)25-15-17-26(39-2)18-16-25/h3-12,15-19,21-22,28,30H,13-14,20H2,1-2H3,(H,34,35,36)/t21?,28-,30+/m1/s1. The SMILES string of the molecule is COc1ccc(C(Nc2ncc3sc(=O)n([C@H]4CS[C@@H](C(C)C5CC5)O4)c3n2)(c2ccccc2)c2ccccc2)cc1. The van der Waals surface area contributed by atoms with E-state index in [1.165, 1.54) is 24.2 Å². The third-order valence-corrected chi connectivity index (χ3v) is 10.6. The maximum Gasteiger partial charge on any atom is 0.311 e. The second-order valence-electron chi connectivity index (χ2n) is 10.9. The number of rotatable bonds is 9. The van der Waals surface area contributed by atoms with E-state index in [0.29, 0.717) is 17.5 Å². The van der Waals surface area contributed by atoms with Crippen LogP contribution in [0, 0.1) is 11.8 Å². The number of thiazole rings is 1. The van der Waals surface area contributed by atoms with Crippen LogP contribution in [0.2, 0.25) is 0 Å². The first kappa shape index (κ1) is 27.2. The van der Waals surface area contributed by atoms with Gasteiger partial charge in [-0.15, -0.1) is 11.8 Å². The molecule has 2 aliphatic rings. The number of ether oxygens (including phenoxy) is 2. The largest absolute Gasteiger partial charge is 0.497 e. The molecular formula is C33H32N4O3S2. The van der Waals surface area contributed by atoms with Gasteiger partial charge in [-0.25, -0.2) is 4.98 Å². The molecule has 1 aliphatic heterocycles. The van der Waals surface area contributed by atoms with Gasteiger partial charge in [-0.2, -0.15) is 4.98 Å². The van der Waals surface area contributed by atoms with Gasteiger partial charge in [0.15, 0.2) is 5.65 Å². The number of nitrogens with zero attached hydrogens (tertiary/aromatic N) is 3. The van der Waals surface area contributed by atoms with Crippen LogP contribution in [0.25, 0.3) is 10.3 Å². The van der Waals surface area contributed by atoms with Crippen LogP contribution in [-0.2, 0) is 10.3 Å². The molecule has 3 heterocycles. The quantitative estimate of drug-likeness (QED) is 0.186. The van der Waals surface area contributed by atoms with E-state index >= 15 is 0 Å². The third-order valence-electron chi connectivity index (χ3n) is 8.37. The van der Waals surface area contributed by atoms with Gasteiger partial charge >= 0.3 is 4.87 Å². The third kappa shape index (κ3) is 4.89. The minimum Gasteiger partial charge on any atom is -0.497 e. The highest BCUT2D eigenvalue weighted by Crippen LogP contribution is 2.46. The smallest absolute Gasteiger partial charge is 0.311 e. The molecule has 7 nitrogen and oxygen atoms in total. The lowest BCUT2D eigenvalue weighted by molar-refractivity contribution is -0.00515. The first-order chi connectivity index (χ1) is 20.6. The van der Waals surface area contributed by atoms with Crippen LogP contribution in [0.1, 0.15) is 42.7 Å². The predicted octanol–water partition coefficient (Wildman–Crippen LogP) is 6.90. The number of anilines is 1. The van der Waals surface area contributed by atoms with Gasteiger partial charge in [0.1, 0.15) is 23.0 Å². The molecule has 0 radical (unpaired) electrons. The first-order valence-corrected chi connectivity index (χ1v) is 16.1. The Morgan fingerprint density at radius 2 is 1.62 bits per heavy atom. The fourth-order valence-corrected chi connectivity index (χ4v) is 8.06. The number of fused-ring (bicyclic) bond motifs is 1. The minimum absolute atomic E-state index is 0.0747. The summed E-state index contributed by atoms with van der Waals surface area (Å²) in [6.45, 7) is 2.27. The van der Waals surface area contributed by atoms with Crippen molar-refractivity contribution in [2.24, 2.45) is 11.8 Å². The zero-order valence-corrected chi connectivity index (χ0v) is 25.1. The Morgan fingerprint density at radius 1 is 0.976 bits per heavy atom. The number of thioether (sulfide) groups is 1. The highest BCUT2D eigenvalue weighted by Gasteiger charge is 2.40. The van der Waals surface area contributed by atoms with E-state index < -0.39 is 5.54 Å². The highest BCUT2D eigenvalue weighted by atomic mass is 32.2. The van der Waals surface area contributed by atoms with Crippen molar-refractivity contribution in [3.05, 3.63) is 117 Å². The Bertz CT molecular complexity index is 1700. The molecule has 7 rings (SSSR count). The van der Waals surface area contributed by atoms with Crippen LogP contribution in [0.15, 0.2) is 95.9 Å². The van der Waals surface area contributed by atoms with E-state index in [1.807, 2.05) is 48.5 Å². The van der Waals surface area contributed by atoms with Crippen molar-refractivity contribution < 1.29 is 9.47 Å². The Morgan fingerprint density at radius 3 is 2.24 bits per heavy atom. The number of methoxy groups -OCH3 is 1. The monoisotopic (exact) mass is 596 g/mol. The summed E-state index contributed by atoms with van der Waals surface area (Å²) in [7, 11) is 1.67. The van der Waals surface area contributed by atoms with Crippen LogP contribution >= 0.6 is 23.1 Å². The number of benzene rings is 3. The van der Waals surface area contributed by atoms with Gasteiger partial charge < -0.3 is 14.8 Å². The van der Waals surface area contributed by atoms with E-state index in [1.54, 1.807) is 29.6 Å². The zero-order chi connectivity index (χ0) is 28.7. The van der Waals surface area contributed by atoms with E-state index in [4.69, 9.17) is 19.4 Å². The number of hydrogen-bond donors (Lipinski definition) is 1. The number of nitrogens with one attached hydrogen (secondary N) is 1. The summed E-state index contributed by atoms with van der Waals surface area (Å²) in [4.78, 5) is 22.9. The van der Waals surface area contributed by atoms with Crippen LogP contribution in [0.5, 0.6) is 5.75 Å². The average Bonchev–Trinajstić information content (AvgIpc) is 3.69. The van der Waals surface area contributed by atoms with Gasteiger partial charge in [0, 0.05) is 5.75 Å². The molecule has 5 aromatic rings. The molecule has 2 aromatic heterocycles. The van der Waals surface area contributed by atoms with Crippen LogP contribution < -0.4 is 14.9 Å². The summed E-state index contributed by atoms with van der Waals surface area (Å²) >= 11 is 2.97. The van der Waals surface area contributed by atoms with Gasteiger partial charge in [-0.1, -0.05) is 91.1 Å². The molecule has 2 fully saturated rings. The summed E-state index contributed by atoms with van der Waals surface area (Å²) in [5.74, 6) is 3.14. The fraction of sp³-hybridized carbons (Fsp3) is 0.303. The highest BCUT2D eigenvalue weighted by molar-refractivity contribution is 8.00. The van der Waals surface area contributed by atoms with E-state index in [9.17, 15) is 4.79 Å². The van der Waals surface area contributed by atoms with Gasteiger partial charge in [0.05, 0.1) is 18.0 Å². The zero-order valence-electron chi connectivity index (χ0n) is 23.5. The molecular weight excluding hydrogens is 565 g/mol. The van der Waals surface area contributed by atoms with Gasteiger partial charge in [-0.05, 0) is 53.5 Å². The van der Waals surface area contributed by atoms with Crippen LogP contribution in [0.3, 0.4) is 0 Å². The van der Waals surface area contributed by atoms with Crippen LogP contribution in [-0.4, -0.2) is 32.8 Å². The molecule has 42 heavy (non-hydrogen) atoms. The molecule has 1 unspecified atom stereocenters. The lowest BCUT2D eigenvalue weighted by Crippen LogP contribution is -2.38. The maximum absolute atomic E-state index is 13.3. The number of aromatic nitrogens is 3. The summed E-state index contributed by atoms with van der Waals surface area (Å²) in [5.41, 5.74) is 2.92. The van der Waals surface area contributed by atoms with Crippen molar-refractivity contribution in [3.63, 3.8) is 0 Å². The normalized spacial score (nSPS) is 19.6. The van der Waals surface area contributed by atoms with Crippen molar-refractivity contribution in [2.75, 3.05) is 18.2 Å². The van der Waals surface area contributed by atoms with E-state index in [2.05, 4.69) is 48.6 Å². The summed E-state index contributed by atoms with van der Waals surface area (Å²) in [5, 5.41) is 3.73. The van der Waals surface area contributed by atoms with Gasteiger partial charge in [-0.3, -0.25) is 9.36 Å². The lowest BCUT2D eigenvalue weighted by Gasteiger charge is -2.37. The Labute approximate surface area is 252 Å². The molecule has 1 saturated heterocycles. The fourth-order valence-electron chi connectivity index (χ4n) is 5.92. The average molecular weight is 597 g/mol. The van der Waals surface area contributed by atoms with Crippen LogP contribution in [0.4, 0.5) is 5.95 Å².